The van der Waals surface area contributed by atoms with Gasteiger partial charge in [-0.25, -0.2) is 9.18 Å². The molecule has 3 rings (SSSR count). The topological polar surface area (TPSA) is 93.7 Å². The lowest BCUT2D eigenvalue weighted by atomic mass is 10.1. The number of carbonyl (C=O) groups is 3. The molecule has 0 unspecified atom stereocenters. The molecule has 0 aliphatic heterocycles. The van der Waals surface area contributed by atoms with Crippen LogP contribution >= 0.6 is 11.3 Å². The molecule has 0 aliphatic rings. The predicted molar refractivity (Wildman–Crippen MR) is 125 cm³/mol. The molecule has 2 amide bonds. The van der Waals surface area contributed by atoms with Crippen LogP contribution in [-0.4, -0.2) is 31.0 Å². The first-order valence-electron chi connectivity index (χ1n) is 10.1. The van der Waals surface area contributed by atoms with Crippen molar-refractivity contribution in [2.45, 2.75) is 20.8 Å². The number of esters is 1. The molecule has 0 radical (unpaired) electrons. The van der Waals surface area contributed by atoms with Crippen molar-refractivity contribution in [3.63, 3.8) is 0 Å². The van der Waals surface area contributed by atoms with Gasteiger partial charge >= 0.3 is 5.97 Å². The third-order valence-corrected chi connectivity index (χ3v) is 5.83. The lowest BCUT2D eigenvalue weighted by Crippen LogP contribution is -2.21. The maximum Gasteiger partial charge on any atom is 0.341 e. The molecule has 172 valence electrons. The zero-order valence-corrected chi connectivity index (χ0v) is 19.2. The van der Waals surface area contributed by atoms with Crippen LogP contribution in [0.25, 0.3) is 0 Å². The summed E-state index contributed by atoms with van der Waals surface area (Å²) in [6, 6.07) is 11.7. The first-order chi connectivity index (χ1) is 15.8. The van der Waals surface area contributed by atoms with Gasteiger partial charge in [-0.15, -0.1) is 11.3 Å². The summed E-state index contributed by atoms with van der Waals surface area (Å²) >= 11 is 1.30. The molecule has 2 aromatic carbocycles. The minimum atomic E-state index is -0.481. The minimum Gasteiger partial charge on any atom is -0.484 e. The van der Waals surface area contributed by atoms with Crippen LogP contribution in [-0.2, 0) is 9.53 Å². The Labute approximate surface area is 194 Å². The Morgan fingerprint density at radius 1 is 0.970 bits per heavy atom. The van der Waals surface area contributed by atoms with Gasteiger partial charge < -0.3 is 20.1 Å². The molecule has 1 heterocycles. The summed E-state index contributed by atoms with van der Waals surface area (Å²) in [4.78, 5) is 37.8. The first-order valence-corrected chi connectivity index (χ1v) is 11.0. The highest BCUT2D eigenvalue weighted by Crippen LogP contribution is 2.33. The van der Waals surface area contributed by atoms with E-state index in [1.165, 1.54) is 35.6 Å². The number of thiophene rings is 1. The maximum atomic E-state index is 13.0. The summed E-state index contributed by atoms with van der Waals surface area (Å²) in [7, 11) is 0. The second kappa shape index (κ2) is 10.7. The molecule has 0 saturated heterocycles. The van der Waals surface area contributed by atoms with Gasteiger partial charge in [0, 0.05) is 16.1 Å². The molecule has 0 aliphatic carbocycles. The predicted octanol–water partition coefficient (Wildman–Crippen LogP) is 4.95. The Bertz CT molecular complexity index is 1160. The van der Waals surface area contributed by atoms with Crippen molar-refractivity contribution < 1.29 is 28.2 Å². The van der Waals surface area contributed by atoms with E-state index in [1.807, 2.05) is 6.92 Å². The van der Waals surface area contributed by atoms with Gasteiger partial charge in [0.2, 0.25) is 0 Å². The van der Waals surface area contributed by atoms with Crippen LogP contribution in [0.2, 0.25) is 0 Å². The summed E-state index contributed by atoms with van der Waals surface area (Å²) in [6.07, 6.45) is 0. The molecule has 0 saturated carbocycles. The molecule has 0 fully saturated rings. The van der Waals surface area contributed by atoms with Crippen molar-refractivity contribution in [3.8, 4) is 5.75 Å². The molecule has 1 aromatic heterocycles. The Kier molecular flexibility index (Phi) is 7.78. The number of rotatable bonds is 8. The van der Waals surface area contributed by atoms with Crippen molar-refractivity contribution in [1.82, 2.24) is 0 Å². The highest BCUT2D eigenvalue weighted by molar-refractivity contribution is 7.16. The van der Waals surface area contributed by atoms with Crippen LogP contribution in [0.3, 0.4) is 0 Å². The van der Waals surface area contributed by atoms with E-state index in [2.05, 4.69) is 10.6 Å². The SMILES string of the molecule is CCOC(=O)c1c(NC(=O)COc2ccc(C(=O)Nc3ccc(F)cc3)cc2)sc(C)c1C. The fourth-order valence-electron chi connectivity index (χ4n) is 2.91. The smallest absolute Gasteiger partial charge is 0.341 e. The number of ether oxygens (including phenoxy) is 2. The Morgan fingerprint density at radius 2 is 1.64 bits per heavy atom. The Morgan fingerprint density at radius 3 is 2.27 bits per heavy atom. The van der Waals surface area contributed by atoms with Gasteiger partial charge in [0.1, 0.15) is 16.6 Å². The zero-order valence-electron chi connectivity index (χ0n) is 18.4. The molecule has 9 heteroatoms. The van der Waals surface area contributed by atoms with Crippen LogP contribution < -0.4 is 15.4 Å². The summed E-state index contributed by atoms with van der Waals surface area (Å²) in [5.74, 6) is -1.27. The second-order valence-electron chi connectivity index (χ2n) is 7.03. The summed E-state index contributed by atoms with van der Waals surface area (Å²) < 4.78 is 23.5. The number of amides is 2. The van der Waals surface area contributed by atoms with Gasteiger partial charge in [-0.3, -0.25) is 9.59 Å². The van der Waals surface area contributed by atoms with E-state index in [4.69, 9.17) is 9.47 Å². The molecule has 0 atom stereocenters. The molecular weight excluding hydrogens is 447 g/mol. The van der Waals surface area contributed by atoms with E-state index < -0.39 is 11.9 Å². The summed E-state index contributed by atoms with van der Waals surface area (Å²) in [5.41, 5.74) is 1.97. The summed E-state index contributed by atoms with van der Waals surface area (Å²) in [5, 5.41) is 5.79. The van der Waals surface area contributed by atoms with Gasteiger partial charge in [-0.05, 0) is 74.9 Å². The largest absolute Gasteiger partial charge is 0.484 e. The average Bonchev–Trinajstić information content (AvgIpc) is 3.07. The lowest BCUT2D eigenvalue weighted by Gasteiger charge is -2.09. The number of halogens is 1. The van der Waals surface area contributed by atoms with E-state index >= 15 is 0 Å². The molecule has 3 aromatic rings. The van der Waals surface area contributed by atoms with Crippen LogP contribution in [0.5, 0.6) is 5.75 Å². The van der Waals surface area contributed by atoms with Gasteiger partial charge in [-0.1, -0.05) is 0 Å². The number of aryl methyl sites for hydroxylation is 1. The highest BCUT2D eigenvalue weighted by atomic mass is 32.1. The van der Waals surface area contributed by atoms with Crippen LogP contribution in [0, 0.1) is 19.7 Å². The van der Waals surface area contributed by atoms with Crippen molar-refractivity contribution in [2.24, 2.45) is 0 Å². The van der Waals surface area contributed by atoms with E-state index in [9.17, 15) is 18.8 Å². The number of carbonyl (C=O) groups excluding carboxylic acids is 3. The quantitative estimate of drug-likeness (QED) is 0.455. The van der Waals surface area contributed by atoms with E-state index in [1.54, 1.807) is 38.1 Å². The highest BCUT2D eigenvalue weighted by Gasteiger charge is 2.22. The van der Waals surface area contributed by atoms with E-state index in [0.29, 0.717) is 27.6 Å². The van der Waals surface area contributed by atoms with Crippen molar-refractivity contribution in [3.05, 3.63) is 75.9 Å². The minimum absolute atomic E-state index is 0.238. The van der Waals surface area contributed by atoms with Gasteiger partial charge in [-0.2, -0.15) is 0 Å². The van der Waals surface area contributed by atoms with Crippen molar-refractivity contribution in [2.75, 3.05) is 23.8 Å². The third-order valence-electron chi connectivity index (χ3n) is 4.71. The number of hydrogen-bond donors (Lipinski definition) is 2. The number of anilines is 2. The van der Waals surface area contributed by atoms with Crippen molar-refractivity contribution in [1.29, 1.82) is 0 Å². The summed E-state index contributed by atoms with van der Waals surface area (Å²) in [6.45, 7) is 5.35. The average molecular weight is 471 g/mol. The van der Waals surface area contributed by atoms with Crippen LogP contribution in [0.15, 0.2) is 48.5 Å². The fraction of sp³-hybridized carbons (Fsp3) is 0.208. The Hall–Kier alpha value is -3.72. The molecule has 33 heavy (non-hydrogen) atoms. The number of nitrogens with one attached hydrogen (secondary N) is 2. The van der Waals surface area contributed by atoms with E-state index in [-0.39, 0.29) is 24.9 Å². The third kappa shape index (κ3) is 6.17. The van der Waals surface area contributed by atoms with Crippen LogP contribution in [0.1, 0.15) is 38.1 Å². The van der Waals surface area contributed by atoms with Gasteiger partial charge in [0.05, 0.1) is 12.2 Å². The lowest BCUT2D eigenvalue weighted by molar-refractivity contribution is -0.118. The number of benzene rings is 2. The normalized spacial score (nSPS) is 10.4. The molecule has 0 bridgehead atoms. The van der Waals surface area contributed by atoms with E-state index in [0.717, 1.165) is 10.4 Å². The van der Waals surface area contributed by atoms with Crippen LogP contribution in [0.4, 0.5) is 15.1 Å². The second-order valence-corrected chi connectivity index (χ2v) is 8.25. The Balaban J connectivity index is 1.57. The molecule has 0 spiro atoms. The molecule has 2 N–H and O–H groups in total. The standard InChI is InChI=1S/C24H23FN2O5S/c1-4-31-24(30)21-14(2)15(3)33-23(21)27-20(28)13-32-19-11-5-16(6-12-19)22(29)26-18-9-7-17(25)8-10-18/h5-12H,4,13H2,1-3H3,(H,26,29)(H,27,28). The number of hydrogen-bond acceptors (Lipinski definition) is 6. The fourth-order valence-corrected chi connectivity index (χ4v) is 3.98. The van der Waals surface area contributed by atoms with Crippen molar-refractivity contribution >= 4 is 39.8 Å². The molecule has 7 nitrogen and oxygen atoms in total. The first kappa shape index (κ1) is 23.9. The van der Waals surface area contributed by atoms with Gasteiger partial charge in [0.25, 0.3) is 11.8 Å². The monoisotopic (exact) mass is 470 g/mol. The zero-order chi connectivity index (χ0) is 24.0. The van der Waals surface area contributed by atoms with Gasteiger partial charge in [0.15, 0.2) is 6.61 Å². The molecular formula is C24H23FN2O5S. The maximum absolute atomic E-state index is 13.0.